The molecule has 126 valence electrons. The summed E-state index contributed by atoms with van der Waals surface area (Å²) in [6.45, 7) is 0.831. The second kappa shape index (κ2) is 5.89. The van der Waals surface area contributed by atoms with Gasteiger partial charge in [0.15, 0.2) is 5.78 Å². The molecule has 0 bridgehead atoms. The average Bonchev–Trinajstić information content (AvgIpc) is 2.70. The fraction of sp³-hybridized carbons (Fsp3) is 0.562. The van der Waals surface area contributed by atoms with Gasteiger partial charge in [-0.1, -0.05) is 12.1 Å². The molecule has 1 fully saturated rings. The highest BCUT2D eigenvalue weighted by Crippen LogP contribution is 2.39. The fourth-order valence-electron chi connectivity index (χ4n) is 3.33. The zero-order valence-corrected chi connectivity index (χ0v) is 14.3. The summed E-state index contributed by atoms with van der Waals surface area (Å²) >= 11 is 0. The number of ketones is 1. The number of carbonyl (C=O) groups is 1. The van der Waals surface area contributed by atoms with Crippen LogP contribution in [-0.4, -0.2) is 55.6 Å². The van der Waals surface area contributed by atoms with Crippen molar-refractivity contribution in [1.82, 2.24) is 8.61 Å². The van der Waals surface area contributed by atoms with Crippen LogP contribution in [-0.2, 0) is 10.2 Å². The number of para-hydroxylation sites is 1. The third-order valence-electron chi connectivity index (χ3n) is 4.64. The van der Waals surface area contributed by atoms with Crippen LogP contribution in [0.5, 0.6) is 5.75 Å². The molecule has 1 spiro atoms. The Morgan fingerprint density at radius 3 is 2.65 bits per heavy atom. The van der Waals surface area contributed by atoms with E-state index in [-0.39, 0.29) is 5.78 Å². The molecule has 2 heterocycles. The monoisotopic (exact) mass is 338 g/mol. The lowest BCUT2D eigenvalue weighted by atomic mass is 9.84. The first kappa shape index (κ1) is 16.4. The van der Waals surface area contributed by atoms with Crippen molar-refractivity contribution in [3.63, 3.8) is 0 Å². The van der Waals surface area contributed by atoms with Crippen molar-refractivity contribution in [3.05, 3.63) is 29.8 Å². The van der Waals surface area contributed by atoms with Gasteiger partial charge in [-0.25, -0.2) is 0 Å². The second-order valence-electron chi connectivity index (χ2n) is 6.42. The first-order chi connectivity index (χ1) is 10.8. The van der Waals surface area contributed by atoms with E-state index in [1.807, 2.05) is 18.2 Å². The van der Waals surface area contributed by atoms with Gasteiger partial charge in [0.25, 0.3) is 10.2 Å². The maximum atomic E-state index is 12.4. The third kappa shape index (κ3) is 3.00. The van der Waals surface area contributed by atoms with Crippen LogP contribution in [0.4, 0.5) is 0 Å². The Labute approximate surface area is 137 Å². The van der Waals surface area contributed by atoms with Crippen molar-refractivity contribution >= 4 is 16.0 Å². The average molecular weight is 338 g/mol. The van der Waals surface area contributed by atoms with Gasteiger partial charge < -0.3 is 4.74 Å². The maximum absolute atomic E-state index is 12.4. The Hall–Kier alpha value is -1.44. The van der Waals surface area contributed by atoms with E-state index in [1.165, 1.54) is 22.7 Å². The highest BCUT2D eigenvalue weighted by Gasteiger charge is 2.43. The molecule has 1 aromatic carbocycles. The first-order valence-electron chi connectivity index (χ1n) is 7.83. The van der Waals surface area contributed by atoms with Crippen molar-refractivity contribution in [2.24, 2.45) is 0 Å². The molecule has 7 heteroatoms. The molecule has 0 aromatic heterocycles. The summed E-state index contributed by atoms with van der Waals surface area (Å²) in [4.78, 5) is 12.4. The van der Waals surface area contributed by atoms with Crippen molar-refractivity contribution in [3.8, 4) is 5.75 Å². The summed E-state index contributed by atoms with van der Waals surface area (Å²) in [5.41, 5.74) is 0.0438. The summed E-state index contributed by atoms with van der Waals surface area (Å²) in [6.07, 6.45) is 2.22. The number of hydrogen-bond acceptors (Lipinski definition) is 4. The van der Waals surface area contributed by atoms with E-state index in [0.29, 0.717) is 50.1 Å². The van der Waals surface area contributed by atoms with E-state index < -0.39 is 15.8 Å². The number of ether oxygens (including phenoxy) is 1. The predicted octanol–water partition coefficient (Wildman–Crippen LogP) is 1.68. The van der Waals surface area contributed by atoms with Gasteiger partial charge in [-0.05, 0) is 25.0 Å². The van der Waals surface area contributed by atoms with E-state index in [2.05, 4.69) is 0 Å². The predicted molar refractivity (Wildman–Crippen MR) is 86.8 cm³/mol. The molecule has 0 saturated carbocycles. The van der Waals surface area contributed by atoms with Gasteiger partial charge in [0.05, 0.1) is 12.0 Å². The summed E-state index contributed by atoms with van der Waals surface area (Å²) in [7, 11) is -0.357. The number of Topliss-reactive ketones (excluding diaryl/α,β-unsaturated/α-hetero) is 1. The minimum atomic E-state index is -3.43. The van der Waals surface area contributed by atoms with Crippen molar-refractivity contribution in [2.75, 3.05) is 27.2 Å². The minimum absolute atomic E-state index is 0.0794. The Morgan fingerprint density at radius 2 is 1.91 bits per heavy atom. The topological polar surface area (TPSA) is 66.9 Å². The van der Waals surface area contributed by atoms with Crippen molar-refractivity contribution < 1.29 is 17.9 Å². The third-order valence-corrected chi connectivity index (χ3v) is 6.58. The SMILES string of the molecule is CN(C)S(=O)(=O)N1CCCC2(CC1)CC(=O)c1ccccc1O2. The van der Waals surface area contributed by atoms with Crippen LogP contribution in [0.3, 0.4) is 0 Å². The van der Waals surface area contributed by atoms with E-state index in [1.54, 1.807) is 6.07 Å². The Bertz CT molecular complexity index is 717. The van der Waals surface area contributed by atoms with E-state index in [9.17, 15) is 13.2 Å². The summed E-state index contributed by atoms with van der Waals surface area (Å²) in [5.74, 6) is 0.698. The van der Waals surface area contributed by atoms with E-state index >= 15 is 0 Å². The number of nitrogens with zero attached hydrogens (tertiary/aromatic N) is 2. The molecule has 0 amide bonds. The van der Waals surface area contributed by atoms with Gasteiger partial charge >= 0.3 is 0 Å². The molecule has 3 rings (SSSR count). The molecule has 0 N–H and O–H groups in total. The minimum Gasteiger partial charge on any atom is -0.486 e. The Balaban J connectivity index is 1.82. The molecule has 1 saturated heterocycles. The lowest BCUT2D eigenvalue weighted by molar-refractivity contribution is 0.0312. The van der Waals surface area contributed by atoms with E-state index in [4.69, 9.17) is 4.74 Å². The highest BCUT2D eigenvalue weighted by atomic mass is 32.2. The molecule has 1 aromatic rings. The summed E-state index contributed by atoms with van der Waals surface area (Å²) in [6, 6.07) is 7.28. The van der Waals surface area contributed by atoms with Crippen LogP contribution in [0.15, 0.2) is 24.3 Å². The Morgan fingerprint density at radius 1 is 1.17 bits per heavy atom. The van der Waals surface area contributed by atoms with Crippen LogP contribution in [0.2, 0.25) is 0 Å². The first-order valence-corrected chi connectivity index (χ1v) is 9.23. The van der Waals surface area contributed by atoms with E-state index in [0.717, 1.165) is 0 Å². The van der Waals surface area contributed by atoms with Crippen LogP contribution in [0.25, 0.3) is 0 Å². The van der Waals surface area contributed by atoms with Gasteiger partial charge in [0.2, 0.25) is 0 Å². The maximum Gasteiger partial charge on any atom is 0.281 e. The lowest BCUT2D eigenvalue weighted by Gasteiger charge is -2.37. The van der Waals surface area contributed by atoms with Crippen LogP contribution < -0.4 is 4.74 Å². The zero-order chi connectivity index (χ0) is 16.7. The van der Waals surface area contributed by atoms with Gasteiger partial charge in [-0.15, -0.1) is 0 Å². The normalized spacial score (nSPS) is 26.0. The standard InChI is InChI=1S/C16H22N2O4S/c1-17(2)23(20,21)18-10-5-8-16(9-11-18)12-14(19)13-6-3-4-7-15(13)22-16/h3-4,6-7H,5,8-12H2,1-2H3. The fourth-order valence-corrected chi connectivity index (χ4v) is 4.47. The molecule has 0 radical (unpaired) electrons. The molecule has 23 heavy (non-hydrogen) atoms. The highest BCUT2D eigenvalue weighted by molar-refractivity contribution is 7.86. The van der Waals surface area contributed by atoms with Crippen molar-refractivity contribution in [1.29, 1.82) is 0 Å². The summed E-state index contributed by atoms with van der Waals surface area (Å²) < 4.78 is 33.5. The van der Waals surface area contributed by atoms with Crippen LogP contribution in [0.1, 0.15) is 36.0 Å². The molecule has 0 aliphatic carbocycles. The molecular formula is C16H22N2O4S. The molecule has 1 unspecified atom stereocenters. The van der Waals surface area contributed by atoms with Crippen LogP contribution >= 0.6 is 0 Å². The molecule has 6 nitrogen and oxygen atoms in total. The summed E-state index contributed by atoms with van der Waals surface area (Å²) in [5, 5.41) is 0. The van der Waals surface area contributed by atoms with Gasteiger partial charge in [-0.2, -0.15) is 17.0 Å². The molecular weight excluding hydrogens is 316 g/mol. The quantitative estimate of drug-likeness (QED) is 0.823. The molecule has 2 aliphatic heterocycles. The van der Waals surface area contributed by atoms with Crippen molar-refractivity contribution in [2.45, 2.75) is 31.3 Å². The molecule has 2 aliphatic rings. The number of fused-ring (bicyclic) bond motifs is 1. The van der Waals surface area contributed by atoms with Gasteiger partial charge in [0.1, 0.15) is 11.4 Å². The van der Waals surface area contributed by atoms with Gasteiger partial charge in [0, 0.05) is 33.6 Å². The number of rotatable bonds is 2. The second-order valence-corrected chi connectivity index (χ2v) is 8.57. The number of carbonyl (C=O) groups excluding carboxylic acids is 1. The zero-order valence-electron chi connectivity index (χ0n) is 13.5. The number of benzene rings is 1. The molecule has 1 atom stereocenters. The Kier molecular flexibility index (Phi) is 4.20. The van der Waals surface area contributed by atoms with Gasteiger partial charge in [-0.3, -0.25) is 4.79 Å². The largest absolute Gasteiger partial charge is 0.486 e. The number of hydrogen-bond donors (Lipinski definition) is 0. The smallest absolute Gasteiger partial charge is 0.281 e. The lowest BCUT2D eigenvalue weighted by Crippen LogP contribution is -2.44. The van der Waals surface area contributed by atoms with Crippen LogP contribution in [0, 0.1) is 0 Å².